The SMILES string of the molecule is O=C(CCc1ccccc1Cl)NCC1CCCN(C(=O)c2ncc[nH]c2=O)C1. The number of benzene rings is 1. The Hall–Kier alpha value is -2.67. The quantitative estimate of drug-likeness (QED) is 0.772. The number of hydrogen-bond donors (Lipinski definition) is 2. The van der Waals surface area contributed by atoms with Gasteiger partial charge in [0.05, 0.1) is 0 Å². The van der Waals surface area contributed by atoms with Crippen molar-refractivity contribution in [3.8, 4) is 0 Å². The minimum atomic E-state index is -0.484. The van der Waals surface area contributed by atoms with Crippen LogP contribution in [0.25, 0.3) is 0 Å². The molecule has 0 aliphatic carbocycles. The van der Waals surface area contributed by atoms with Crippen LogP contribution >= 0.6 is 11.6 Å². The van der Waals surface area contributed by atoms with Crippen molar-refractivity contribution in [1.29, 1.82) is 0 Å². The maximum absolute atomic E-state index is 12.5. The molecular formula is C20H23ClN4O3. The van der Waals surface area contributed by atoms with Crippen LogP contribution in [-0.4, -0.2) is 46.3 Å². The van der Waals surface area contributed by atoms with Gasteiger partial charge in [-0.3, -0.25) is 14.4 Å². The first-order chi connectivity index (χ1) is 13.5. The number of piperidine rings is 1. The fraction of sp³-hybridized carbons (Fsp3) is 0.400. The lowest BCUT2D eigenvalue weighted by Gasteiger charge is -2.32. The first kappa shape index (κ1) is 20.1. The van der Waals surface area contributed by atoms with Crippen molar-refractivity contribution >= 4 is 23.4 Å². The van der Waals surface area contributed by atoms with E-state index >= 15 is 0 Å². The van der Waals surface area contributed by atoms with Gasteiger partial charge >= 0.3 is 0 Å². The Morgan fingerprint density at radius 2 is 2.14 bits per heavy atom. The fourth-order valence-electron chi connectivity index (χ4n) is 3.37. The number of nitrogens with one attached hydrogen (secondary N) is 2. The summed E-state index contributed by atoms with van der Waals surface area (Å²) in [6, 6.07) is 7.49. The Labute approximate surface area is 168 Å². The van der Waals surface area contributed by atoms with E-state index in [1.54, 1.807) is 4.90 Å². The van der Waals surface area contributed by atoms with Gasteiger partial charge in [0.15, 0.2) is 5.69 Å². The summed E-state index contributed by atoms with van der Waals surface area (Å²) in [5, 5.41) is 3.62. The van der Waals surface area contributed by atoms with Crippen molar-refractivity contribution < 1.29 is 9.59 Å². The van der Waals surface area contributed by atoms with Crippen LogP contribution in [0.4, 0.5) is 0 Å². The van der Waals surface area contributed by atoms with E-state index in [0.29, 0.717) is 37.5 Å². The third-order valence-corrected chi connectivity index (χ3v) is 5.25. The summed E-state index contributed by atoms with van der Waals surface area (Å²) in [6.45, 7) is 1.59. The summed E-state index contributed by atoms with van der Waals surface area (Å²) < 4.78 is 0. The number of amides is 2. The lowest BCUT2D eigenvalue weighted by Crippen LogP contribution is -2.45. The number of likely N-dealkylation sites (tertiary alicyclic amines) is 1. The number of nitrogens with zero attached hydrogens (tertiary/aromatic N) is 2. The van der Waals surface area contributed by atoms with Crippen LogP contribution in [0.3, 0.4) is 0 Å². The molecule has 3 rings (SSSR count). The standard InChI is InChI=1S/C20H23ClN4O3/c21-16-6-2-1-5-15(16)7-8-17(26)24-12-14-4-3-11-25(13-14)20(28)18-19(27)23-10-9-22-18/h1-2,5-6,9-10,14H,3-4,7-8,11-13H2,(H,23,27)(H,24,26). The number of carbonyl (C=O) groups is 2. The monoisotopic (exact) mass is 402 g/mol. The van der Waals surface area contributed by atoms with E-state index in [9.17, 15) is 14.4 Å². The van der Waals surface area contributed by atoms with Gasteiger partial charge in [-0.05, 0) is 36.8 Å². The van der Waals surface area contributed by atoms with Crippen molar-refractivity contribution in [2.75, 3.05) is 19.6 Å². The summed E-state index contributed by atoms with van der Waals surface area (Å²) in [5.41, 5.74) is 0.378. The molecule has 2 N–H and O–H groups in total. The van der Waals surface area contributed by atoms with Gasteiger partial charge in [-0.2, -0.15) is 0 Å². The number of hydrogen-bond acceptors (Lipinski definition) is 4. The van der Waals surface area contributed by atoms with E-state index in [2.05, 4.69) is 15.3 Å². The molecule has 0 bridgehead atoms. The third-order valence-electron chi connectivity index (χ3n) is 4.88. The normalized spacial score (nSPS) is 16.6. The fourth-order valence-corrected chi connectivity index (χ4v) is 3.60. The zero-order valence-electron chi connectivity index (χ0n) is 15.5. The highest BCUT2D eigenvalue weighted by Gasteiger charge is 2.26. The maximum Gasteiger partial charge on any atom is 0.279 e. The van der Waals surface area contributed by atoms with Gasteiger partial charge in [0.2, 0.25) is 5.91 Å². The number of rotatable bonds is 6. The molecule has 1 aliphatic rings. The van der Waals surface area contributed by atoms with E-state index in [-0.39, 0.29) is 23.4 Å². The van der Waals surface area contributed by atoms with Gasteiger partial charge in [0, 0.05) is 43.5 Å². The van der Waals surface area contributed by atoms with Gasteiger partial charge in [0.1, 0.15) is 0 Å². The van der Waals surface area contributed by atoms with Crippen molar-refractivity contribution in [2.45, 2.75) is 25.7 Å². The summed E-state index contributed by atoms with van der Waals surface area (Å²) in [4.78, 5) is 44.5. The zero-order valence-corrected chi connectivity index (χ0v) is 16.2. The molecule has 0 radical (unpaired) electrons. The molecule has 7 nitrogen and oxygen atoms in total. The third kappa shape index (κ3) is 5.19. The lowest BCUT2D eigenvalue weighted by atomic mass is 9.97. The highest BCUT2D eigenvalue weighted by atomic mass is 35.5. The molecule has 1 aromatic carbocycles. The van der Waals surface area contributed by atoms with E-state index in [1.807, 2.05) is 24.3 Å². The Balaban J connectivity index is 1.48. The van der Waals surface area contributed by atoms with Crippen LogP contribution in [0.2, 0.25) is 5.02 Å². The van der Waals surface area contributed by atoms with Crippen LogP contribution in [0.5, 0.6) is 0 Å². The zero-order chi connectivity index (χ0) is 19.9. The number of H-pyrrole nitrogens is 1. The van der Waals surface area contributed by atoms with E-state index < -0.39 is 5.56 Å². The van der Waals surface area contributed by atoms with Gasteiger partial charge < -0.3 is 15.2 Å². The van der Waals surface area contributed by atoms with Crippen molar-refractivity contribution in [3.05, 3.63) is 63.3 Å². The molecule has 2 heterocycles. The molecule has 1 aromatic heterocycles. The molecule has 28 heavy (non-hydrogen) atoms. The first-order valence-corrected chi connectivity index (χ1v) is 9.75. The average Bonchev–Trinajstić information content (AvgIpc) is 2.72. The van der Waals surface area contributed by atoms with Gasteiger partial charge in [-0.25, -0.2) is 4.98 Å². The molecule has 1 unspecified atom stereocenters. The molecule has 1 atom stereocenters. The van der Waals surface area contributed by atoms with E-state index in [0.717, 1.165) is 18.4 Å². The van der Waals surface area contributed by atoms with Crippen LogP contribution in [0.15, 0.2) is 41.5 Å². The molecule has 2 aromatic rings. The van der Waals surface area contributed by atoms with E-state index in [4.69, 9.17) is 11.6 Å². The summed E-state index contributed by atoms with van der Waals surface area (Å²) in [7, 11) is 0. The Morgan fingerprint density at radius 3 is 2.93 bits per heavy atom. The Morgan fingerprint density at radius 1 is 1.32 bits per heavy atom. The maximum atomic E-state index is 12.5. The molecule has 8 heteroatoms. The number of aromatic nitrogens is 2. The molecule has 1 aliphatic heterocycles. The first-order valence-electron chi connectivity index (χ1n) is 9.37. The smallest absolute Gasteiger partial charge is 0.279 e. The molecule has 0 saturated carbocycles. The second-order valence-corrected chi connectivity index (χ2v) is 7.33. The largest absolute Gasteiger partial charge is 0.356 e. The Bertz CT molecular complexity index is 899. The highest BCUT2D eigenvalue weighted by Crippen LogP contribution is 2.18. The van der Waals surface area contributed by atoms with Crippen molar-refractivity contribution in [2.24, 2.45) is 5.92 Å². The highest BCUT2D eigenvalue weighted by molar-refractivity contribution is 6.31. The minimum Gasteiger partial charge on any atom is -0.356 e. The van der Waals surface area contributed by atoms with Crippen LogP contribution < -0.4 is 10.9 Å². The summed E-state index contributed by atoms with van der Waals surface area (Å²) in [6.07, 6.45) is 5.50. The number of carbonyl (C=O) groups excluding carboxylic acids is 2. The molecular weight excluding hydrogens is 380 g/mol. The van der Waals surface area contributed by atoms with E-state index in [1.165, 1.54) is 12.4 Å². The topological polar surface area (TPSA) is 95.2 Å². The second-order valence-electron chi connectivity index (χ2n) is 6.92. The molecule has 0 spiro atoms. The summed E-state index contributed by atoms with van der Waals surface area (Å²) >= 11 is 6.12. The average molecular weight is 403 g/mol. The number of aryl methyl sites for hydroxylation is 1. The predicted molar refractivity (Wildman–Crippen MR) is 106 cm³/mol. The second kappa shape index (κ2) is 9.50. The van der Waals surface area contributed by atoms with Crippen molar-refractivity contribution in [3.63, 3.8) is 0 Å². The molecule has 1 saturated heterocycles. The van der Waals surface area contributed by atoms with Gasteiger partial charge in [0.25, 0.3) is 11.5 Å². The van der Waals surface area contributed by atoms with Gasteiger partial charge in [-0.1, -0.05) is 29.8 Å². The summed E-state index contributed by atoms with van der Waals surface area (Å²) in [5.74, 6) is -0.245. The predicted octanol–water partition coefficient (Wildman–Crippen LogP) is 2.02. The minimum absolute atomic E-state index is 0.0375. The van der Waals surface area contributed by atoms with Crippen LogP contribution in [0.1, 0.15) is 35.3 Å². The van der Waals surface area contributed by atoms with Crippen molar-refractivity contribution in [1.82, 2.24) is 20.2 Å². The van der Waals surface area contributed by atoms with Crippen LogP contribution in [0, 0.1) is 5.92 Å². The lowest BCUT2D eigenvalue weighted by molar-refractivity contribution is -0.121. The number of aromatic amines is 1. The molecule has 1 fully saturated rings. The van der Waals surface area contributed by atoms with Crippen LogP contribution in [-0.2, 0) is 11.2 Å². The molecule has 2 amide bonds. The molecule has 148 valence electrons. The van der Waals surface area contributed by atoms with Gasteiger partial charge in [-0.15, -0.1) is 0 Å². The number of halogens is 1. The Kier molecular flexibility index (Phi) is 6.81.